The Bertz CT molecular complexity index is 532. The average Bonchev–Trinajstić information content (AvgIpc) is 2.88. The van der Waals surface area contributed by atoms with Gasteiger partial charge >= 0.3 is 0 Å². The number of aryl methyl sites for hydroxylation is 1. The van der Waals surface area contributed by atoms with Crippen molar-refractivity contribution in [3.63, 3.8) is 0 Å². The molecule has 0 aliphatic heterocycles. The molecule has 1 heterocycles. The highest BCUT2D eigenvalue weighted by atomic mass is 16.5. The Morgan fingerprint density at radius 1 is 1.44 bits per heavy atom. The third-order valence-corrected chi connectivity index (χ3v) is 3.12. The largest absolute Gasteiger partial charge is 0.497 e. The number of aliphatic hydroxyl groups is 1. The fourth-order valence-electron chi connectivity index (χ4n) is 2.04. The van der Waals surface area contributed by atoms with E-state index in [0.717, 1.165) is 17.9 Å². The second-order valence-electron chi connectivity index (χ2n) is 4.34. The molecule has 96 valence electrons. The molecule has 0 amide bonds. The van der Waals surface area contributed by atoms with Gasteiger partial charge in [-0.3, -0.25) is 0 Å². The van der Waals surface area contributed by atoms with E-state index in [1.807, 2.05) is 42.0 Å². The van der Waals surface area contributed by atoms with Gasteiger partial charge in [-0.25, -0.2) is 4.98 Å². The molecule has 1 atom stereocenters. The van der Waals surface area contributed by atoms with Crippen LogP contribution in [0.25, 0.3) is 0 Å². The molecule has 18 heavy (non-hydrogen) atoms. The van der Waals surface area contributed by atoms with E-state index in [1.54, 1.807) is 20.2 Å². The highest BCUT2D eigenvalue weighted by Gasteiger charge is 2.30. The van der Waals surface area contributed by atoms with Crippen LogP contribution in [0.2, 0.25) is 0 Å². The van der Waals surface area contributed by atoms with Crippen LogP contribution in [0.1, 0.15) is 25.2 Å². The second kappa shape index (κ2) is 4.82. The van der Waals surface area contributed by atoms with Crippen LogP contribution in [0.3, 0.4) is 0 Å². The lowest BCUT2D eigenvalue weighted by Gasteiger charge is -2.24. The number of aromatic nitrogens is 2. The molecule has 4 heteroatoms. The van der Waals surface area contributed by atoms with Crippen LogP contribution in [0.5, 0.6) is 5.75 Å². The smallest absolute Gasteiger partial charge is 0.145 e. The van der Waals surface area contributed by atoms with Crippen LogP contribution in [0.15, 0.2) is 36.7 Å². The van der Waals surface area contributed by atoms with Gasteiger partial charge in [0.05, 0.1) is 7.11 Å². The van der Waals surface area contributed by atoms with Crippen LogP contribution in [-0.2, 0) is 12.1 Å². The normalized spacial score (nSPS) is 14.2. The number of rotatable bonds is 4. The molecule has 0 radical (unpaired) electrons. The lowest BCUT2D eigenvalue weighted by atomic mass is 9.95. The molecule has 0 aliphatic carbocycles. The standard InChI is InChI=1S/C14H18N2O2/c1-4-16-9-8-15-13(16)14(2,17)11-6-5-7-12(10-11)18-3/h5-10,17H,4H2,1-3H3. The number of hydrogen-bond acceptors (Lipinski definition) is 3. The van der Waals surface area contributed by atoms with Gasteiger partial charge in [-0.2, -0.15) is 0 Å². The minimum absolute atomic E-state index is 0.637. The van der Waals surface area contributed by atoms with Crippen molar-refractivity contribution >= 4 is 0 Å². The van der Waals surface area contributed by atoms with E-state index >= 15 is 0 Å². The van der Waals surface area contributed by atoms with Crippen LogP contribution in [0, 0.1) is 0 Å². The molecular weight excluding hydrogens is 228 g/mol. The minimum Gasteiger partial charge on any atom is -0.497 e. The Balaban J connectivity index is 2.46. The zero-order chi connectivity index (χ0) is 13.2. The van der Waals surface area contributed by atoms with Gasteiger partial charge in [0, 0.05) is 18.9 Å². The lowest BCUT2D eigenvalue weighted by molar-refractivity contribution is 0.0879. The summed E-state index contributed by atoms with van der Waals surface area (Å²) in [7, 11) is 1.61. The molecule has 0 bridgehead atoms. The van der Waals surface area contributed by atoms with Gasteiger partial charge in [0.1, 0.15) is 17.2 Å². The fourth-order valence-corrected chi connectivity index (χ4v) is 2.04. The first kappa shape index (κ1) is 12.6. The second-order valence-corrected chi connectivity index (χ2v) is 4.34. The van der Waals surface area contributed by atoms with Gasteiger partial charge in [-0.05, 0) is 31.5 Å². The van der Waals surface area contributed by atoms with Crippen molar-refractivity contribution in [3.8, 4) is 5.75 Å². The SMILES string of the molecule is CCn1ccnc1C(C)(O)c1cccc(OC)c1. The predicted molar refractivity (Wildman–Crippen MR) is 69.6 cm³/mol. The Morgan fingerprint density at radius 2 is 2.22 bits per heavy atom. The number of ether oxygens (including phenoxy) is 1. The summed E-state index contributed by atoms with van der Waals surface area (Å²) >= 11 is 0. The molecule has 2 aromatic rings. The van der Waals surface area contributed by atoms with Gasteiger partial charge in [-0.1, -0.05) is 12.1 Å². The van der Waals surface area contributed by atoms with E-state index in [0.29, 0.717) is 5.82 Å². The topological polar surface area (TPSA) is 47.3 Å². The van der Waals surface area contributed by atoms with Gasteiger partial charge in [0.25, 0.3) is 0 Å². The molecule has 1 N–H and O–H groups in total. The number of methoxy groups -OCH3 is 1. The first-order valence-corrected chi connectivity index (χ1v) is 5.98. The maximum Gasteiger partial charge on any atom is 0.145 e. The van der Waals surface area contributed by atoms with Crippen molar-refractivity contribution in [2.24, 2.45) is 0 Å². The lowest BCUT2D eigenvalue weighted by Crippen LogP contribution is -2.27. The van der Waals surface area contributed by atoms with Crippen LogP contribution in [0.4, 0.5) is 0 Å². The Kier molecular flexibility index (Phi) is 3.39. The summed E-state index contributed by atoms with van der Waals surface area (Å²) in [6.07, 6.45) is 3.57. The molecule has 0 aliphatic rings. The molecule has 2 rings (SSSR count). The number of hydrogen-bond donors (Lipinski definition) is 1. The quantitative estimate of drug-likeness (QED) is 0.899. The molecular formula is C14H18N2O2. The Labute approximate surface area is 107 Å². The highest BCUT2D eigenvalue weighted by molar-refractivity contribution is 5.35. The van der Waals surface area contributed by atoms with Crippen molar-refractivity contribution in [1.29, 1.82) is 0 Å². The van der Waals surface area contributed by atoms with Crippen molar-refractivity contribution in [2.75, 3.05) is 7.11 Å². The zero-order valence-corrected chi connectivity index (χ0v) is 10.9. The number of imidazole rings is 1. The Morgan fingerprint density at radius 3 is 2.89 bits per heavy atom. The van der Waals surface area contributed by atoms with Crippen LogP contribution >= 0.6 is 0 Å². The third kappa shape index (κ3) is 2.11. The van der Waals surface area contributed by atoms with Crippen LogP contribution in [-0.4, -0.2) is 21.8 Å². The van der Waals surface area contributed by atoms with E-state index in [9.17, 15) is 5.11 Å². The minimum atomic E-state index is -1.13. The van der Waals surface area contributed by atoms with E-state index in [1.165, 1.54) is 0 Å². The molecule has 1 aromatic heterocycles. The van der Waals surface area contributed by atoms with Gasteiger partial charge in [0.2, 0.25) is 0 Å². The summed E-state index contributed by atoms with van der Waals surface area (Å²) in [6, 6.07) is 7.42. The first-order valence-electron chi connectivity index (χ1n) is 5.98. The summed E-state index contributed by atoms with van der Waals surface area (Å²) in [5.74, 6) is 1.36. The van der Waals surface area contributed by atoms with Crippen molar-refractivity contribution in [1.82, 2.24) is 9.55 Å². The molecule has 4 nitrogen and oxygen atoms in total. The molecule has 1 unspecified atom stereocenters. The van der Waals surface area contributed by atoms with Gasteiger partial charge in [-0.15, -0.1) is 0 Å². The summed E-state index contributed by atoms with van der Waals surface area (Å²) in [4.78, 5) is 4.26. The average molecular weight is 246 g/mol. The van der Waals surface area contributed by atoms with E-state index in [4.69, 9.17) is 4.74 Å². The van der Waals surface area contributed by atoms with Gasteiger partial charge < -0.3 is 14.4 Å². The summed E-state index contributed by atoms with van der Waals surface area (Å²) < 4.78 is 7.12. The van der Waals surface area contributed by atoms with Gasteiger partial charge in [0.15, 0.2) is 0 Å². The van der Waals surface area contributed by atoms with Crippen molar-refractivity contribution < 1.29 is 9.84 Å². The van der Waals surface area contributed by atoms with Crippen molar-refractivity contribution in [2.45, 2.75) is 26.0 Å². The first-order chi connectivity index (χ1) is 8.59. The summed E-state index contributed by atoms with van der Waals surface area (Å²) in [6.45, 7) is 4.54. The fraction of sp³-hybridized carbons (Fsp3) is 0.357. The van der Waals surface area contributed by atoms with Crippen molar-refractivity contribution in [3.05, 3.63) is 48.0 Å². The van der Waals surface area contributed by atoms with Crippen LogP contribution < -0.4 is 4.74 Å². The summed E-state index contributed by atoms with van der Waals surface area (Å²) in [5, 5.41) is 10.7. The molecule has 0 saturated carbocycles. The van der Waals surface area contributed by atoms with E-state index in [2.05, 4.69) is 4.98 Å². The van der Waals surface area contributed by atoms with E-state index < -0.39 is 5.60 Å². The zero-order valence-electron chi connectivity index (χ0n) is 10.9. The maximum absolute atomic E-state index is 10.7. The highest BCUT2D eigenvalue weighted by Crippen LogP contribution is 2.30. The van der Waals surface area contributed by atoms with E-state index in [-0.39, 0.29) is 0 Å². The molecule has 0 fully saturated rings. The third-order valence-electron chi connectivity index (χ3n) is 3.12. The Hall–Kier alpha value is -1.81. The summed E-state index contributed by atoms with van der Waals surface area (Å²) in [5.41, 5.74) is -0.364. The maximum atomic E-state index is 10.7. The number of nitrogens with zero attached hydrogens (tertiary/aromatic N) is 2. The molecule has 0 saturated heterocycles. The molecule has 0 spiro atoms. The predicted octanol–water partition coefficient (Wildman–Crippen LogP) is 2.17. The monoisotopic (exact) mass is 246 g/mol. The molecule has 1 aromatic carbocycles. The number of benzene rings is 1.